The number of nitrogens with zero attached hydrogens (tertiary/aromatic N) is 1. The van der Waals surface area contributed by atoms with Crippen LogP contribution in [0.15, 0.2) is 71.6 Å². The Morgan fingerprint density at radius 1 is 1.08 bits per heavy atom. The quantitative estimate of drug-likeness (QED) is 0.417. The fourth-order valence-corrected chi connectivity index (χ4v) is 8.72. The molecule has 1 fully saturated rings. The maximum Gasteiger partial charge on any atom is 0.254 e. The van der Waals surface area contributed by atoms with E-state index >= 15 is 0 Å². The van der Waals surface area contributed by atoms with Crippen molar-refractivity contribution in [3.05, 3.63) is 93.5 Å². The lowest BCUT2D eigenvalue weighted by Gasteiger charge is -2.43. The number of carbonyl (C=O) groups excluding carboxylic acids is 1. The van der Waals surface area contributed by atoms with Gasteiger partial charge in [0.15, 0.2) is 9.84 Å². The van der Waals surface area contributed by atoms with Gasteiger partial charge in [-0.1, -0.05) is 53.5 Å². The Morgan fingerprint density at radius 3 is 2.42 bits per heavy atom. The summed E-state index contributed by atoms with van der Waals surface area (Å²) >= 11 is 12.6. The molecule has 0 aromatic heterocycles. The minimum Gasteiger partial charge on any atom is -0.489 e. The summed E-state index contributed by atoms with van der Waals surface area (Å²) in [5.41, 5.74) is 0.603. The van der Waals surface area contributed by atoms with Crippen molar-refractivity contribution in [3.8, 4) is 5.75 Å². The minimum absolute atomic E-state index is 0.168. The second-order valence-corrected chi connectivity index (χ2v) is 13.4. The minimum atomic E-state index is -3.92. The van der Waals surface area contributed by atoms with Gasteiger partial charge in [0.1, 0.15) is 22.7 Å². The highest BCUT2D eigenvalue weighted by atomic mass is 35.5. The highest BCUT2D eigenvalue weighted by molar-refractivity contribution is 7.92. The summed E-state index contributed by atoms with van der Waals surface area (Å²) in [5, 5.41) is 11.5. The molecule has 0 unspecified atom stereocenters. The van der Waals surface area contributed by atoms with E-state index in [4.69, 9.17) is 27.9 Å². The van der Waals surface area contributed by atoms with Gasteiger partial charge >= 0.3 is 0 Å². The lowest BCUT2D eigenvalue weighted by molar-refractivity contribution is -0.149. The molecule has 0 spiro atoms. The summed E-state index contributed by atoms with van der Waals surface area (Å²) in [6, 6.07) is 18.5. The number of benzene rings is 3. The predicted octanol–water partition coefficient (Wildman–Crippen LogP) is 5.56. The summed E-state index contributed by atoms with van der Waals surface area (Å²) in [6.45, 7) is 3.28. The number of ether oxygens (including phenoxy) is 1. The Morgan fingerprint density at radius 2 is 1.76 bits per heavy atom. The van der Waals surface area contributed by atoms with Gasteiger partial charge in [0.2, 0.25) is 0 Å². The molecule has 2 atom stereocenters. The van der Waals surface area contributed by atoms with Crippen LogP contribution in [0.2, 0.25) is 10.0 Å². The number of aliphatic hydroxyl groups is 1. The zero-order valence-electron chi connectivity index (χ0n) is 21.2. The molecule has 2 aliphatic rings. The summed E-state index contributed by atoms with van der Waals surface area (Å²) in [6.07, 6.45) is 1.24. The van der Waals surface area contributed by atoms with Crippen LogP contribution in [-0.2, 0) is 32.4 Å². The van der Waals surface area contributed by atoms with Crippen LogP contribution >= 0.6 is 23.2 Å². The van der Waals surface area contributed by atoms with Gasteiger partial charge in [-0.3, -0.25) is 4.79 Å². The molecule has 3 aromatic rings. The molecule has 1 N–H and O–H groups in total. The number of rotatable bonds is 6. The standard InChI is InChI=1S/C29H29Cl2NO5S/c1-28(2,34)27(33)32-16-15-29(38(35,36)21-7-4-3-5-8-21)23-13-12-20(17-19(23)11-14-26(29)32)37-18-22-24(30)9-6-10-25(22)31/h3-10,12-13,17,26,34H,11,14-16,18H2,1-2H3/t26-,29-/m1/s1. The van der Waals surface area contributed by atoms with Crippen molar-refractivity contribution in [1.82, 2.24) is 4.90 Å². The molecule has 9 heteroatoms. The molecule has 1 amide bonds. The molecule has 1 heterocycles. The van der Waals surface area contributed by atoms with Gasteiger partial charge in [0.05, 0.1) is 10.9 Å². The van der Waals surface area contributed by atoms with E-state index in [1.54, 1.807) is 59.5 Å². The van der Waals surface area contributed by atoms with E-state index < -0.39 is 32.1 Å². The third kappa shape index (κ3) is 4.39. The number of likely N-dealkylation sites (tertiary alicyclic amines) is 1. The average molecular weight is 575 g/mol. The number of sulfone groups is 1. The average Bonchev–Trinajstić information content (AvgIpc) is 3.29. The number of aryl methyl sites for hydroxylation is 1. The van der Waals surface area contributed by atoms with Crippen molar-refractivity contribution < 1.29 is 23.1 Å². The molecule has 3 aromatic carbocycles. The zero-order chi connectivity index (χ0) is 27.3. The summed E-state index contributed by atoms with van der Waals surface area (Å²) in [7, 11) is -3.92. The monoisotopic (exact) mass is 573 g/mol. The Balaban J connectivity index is 1.57. The molecule has 1 saturated heterocycles. The molecule has 0 bridgehead atoms. The van der Waals surface area contributed by atoms with Gasteiger partial charge in [-0.05, 0) is 80.6 Å². The van der Waals surface area contributed by atoms with Crippen molar-refractivity contribution >= 4 is 38.9 Å². The summed E-state index contributed by atoms with van der Waals surface area (Å²) in [5.74, 6) is 0.112. The third-order valence-electron chi connectivity index (χ3n) is 7.62. The third-order valence-corrected chi connectivity index (χ3v) is 10.9. The number of amides is 1. The van der Waals surface area contributed by atoms with Crippen LogP contribution in [-0.4, -0.2) is 42.5 Å². The highest BCUT2D eigenvalue weighted by Crippen LogP contribution is 2.53. The van der Waals surface area contributed by atoms with Crippen molar-refractivity contribution in [2.24, 2.45) is 0 Å². The molecular weight excluding hydrogens is 545 g/mol. The van der Waals surface area contributed by atoms with E-state index in [-0.39, 0.29) is 24.5 Å². The van der Waals surface area contributed by atoms with E-state index in [1.165, 1.54) is 13.8 Å². The Hall–Kier alpha value is -2.58. The first-order valence-corrected chi connectivity index (χ1v) is 14.7. The first-order chi connectivity index (χ1) is 18.0. The summed E-state index contributed by atoms with van der Waals surface area (Å²) in [4.78, 5) is 15.0. The van der Waals surface area contributed by atoms with Crippen LogP contribution in [0.1, 0.15) is 43.4 Å². The fourth-order valence-electron chi connectivity index (χ4n) is 5.82. The zero-order valence-corrected chi connectivity index (χ0v) is 23.5. The van der Waals surface area contributed by atoms with E-state index in [2.05, 4.69) is 0 Å². The first-order valence-electron chi connectivity index (χ1n) is 12.5. The van der Waals surface area contributed by atoms with Gasteiger partial charge in [0.25, 0.3) is 5.91 Å². The normalized spacial score (nSPS) is 21.1. The molecule has 5 rings (SSSR count). The Labute approximate surface area is 233 Å². The number of carbonyl (C=O) groups is 1. The topological polar surface area (TPSA) is 83.9 Å². The predicted molar refractivity (Wildman–Crippen MR) is 147 cm³/mol. The van der Waals surface area contributed by atoms with Crippen molar-refractivity contribution in [1.29, 1.82) is 0 Å². The van der Waals surface area contributed by atoms with Crippen molar-refractivity contribution in [3.63, 3.8) is 0 Å². The van der Waals surface area contributed by atoms with Gasteiger partial charge in [-0.15, -0.1) is 0 Å². The Kier molecular flexibility index (Phi) is 7.01. The highest BCUT2D eigenvalue weighted by Gasteiger charge is 2.61. The van der Waals surface area contributed by atoms with Crippen LogP contribution in [0, 0.1) is 0 Å². The van der Waals surface area contributed by atoms with Gasteiger partial charge < -0.3 is 14.7 Å². The number of hydrogen-bond acceptors (Lipinski definition) is 5. The van der Waals surface area contributed by atoms with Crippen molar-refractivity contribution in [2.45, 2.75) is 61.0 Å². The molecule has 1 aliphatic carbocycles. The smallest absolute Gasteiger partial charge is 0.254 e. The van der Waals surface area contributed by atoms with Crippen LogP contribution in [0.5, 0.6) is 5.75 Å². The molecule has 6 nitrogen and oxygen atoms in total. The molecular formula is C29H29Cl2NO5S. The summed E-state index contributed by atoms with van der Waals surface area (Å²) < 4.78 is 33.4. The van der Waals surface area contributed by atoms with Gasteiger partial charge in [0, 0.05) is 22.2 Å². The van der Waals surface area contributed by atoms with Crippen LogP contribution in [0.3, 0.4) is 0 Å². The SMILES string of the molecule is CC(C)(O)C(=O)N1CC[C@@]2(S(=O)(=O)c3ccccc3)c3ccc(OCc4c(Cl)cccc4Cl)cc3CC[C@@H]12. The number of hydrogen-bond donors (Lipinski definition) is 1. The second kappa shape index (κ2) is 9.87. The lowest BCUT2D eigenvalue weighted by atomic mass is 9.78. The maximum absolute atomic E-state index is 14.4. The molecule has 200 valence electrons. The first kappa shape index (κ1) is 27.0. The van der Waals surface area contributed by atoms with Crippen LogP contribution < -0.4 is 4.74 Å². The van der Waals surface area contributed by atoms with E-state index in [0.29, 0.717) is 39.8 Å². The Bertz CT molecular complexity index is 1470. The van der Waals surface area contributed by atoms with Gasteiger partial charge in [-0.2, -0.15) is 0 Å². The number of fused-ring (bicyclic) bond motifs is 3. The molecule has 0 radical (unpaired) electrons. The largest absolute Gasteiger partial charge is 0.489 e. The molecule has 38 heavy (non-hydrogen) atoms. The fraction of sp³-hybridized carbons (Fsp3) is 0.345. The molecule has 1 aliphatic heterocycles. The van der Waals surface area contributed by atoms with E-state index in [1.807, 2.05) is 12.1 Å². The van der Waals surface area contributed by atoms with Crippen molar-refractivity contribution in [2.75, 3.05) is 6.54 Å². The van der Waals surface area contributed by atoms with E-state index in [9.17, 15) is 18.3 Å². The second-order valence-electron chi connectivity index (χ2n) is 10.4. The van der Waals surface area contributed by atoms with E-state index in [0.717, 1.165) is 5.56 Å². The number of halogens is 2. The maximum atomic E-state index is 14.4. The van der Waals surface area contributed by atoms with Crippen LogP contribution in [0.25, 0.3) is 0 Å². The van der Waals surface area contributed by atoms with Crippen LogP contribution in [0.4, 0.5) is 0 Å². The van der Waals surface area contributed by atoms with Gasteiger partial charge in [-0.25, -0.2) is 8.42 Å². The molecule has 0 saturated carbocycles. The lowest BCUT2D eigenvalue weighted by Crippen LogP contribution is -2.55.